The Kier molecular flexibility index (Phi) is 4.17. The maximum atomic E-state index is 11.3. The zero-order valence-electron chi connectivity index (χ0n) is 10.3. The highest BCUT2D eigenvalue weighted by atomic mass is 31.2. The maximum Gasteiger partial charge on any atom is 0.361 e. The fourth-order valence-corrected chi connectivity index (χ4v) is 2.61. The summed E-state index contributed by atoms with van der Waals surface area (Å²) in [4.78, 5) is 18.4. The molecule has 0 aliphatic carbocycles. The van der Waals surface area contributed by atoms with Gasteiger partial charge in [-0.05, 0) is 12.5 Å². The highest BCUT2D eigenvalue weighted by Gasteiger charge is 2.29. The predicted molar refractivity (Wildman–Crippen MR) is 67.9 cm³/mol. The van der Waals surface area contributed by atoms with E-state index in [-0.39, 0.29) is 23.4 Å². The summed E-state index contributed by atoms with van der Waals surface area (Å²) in [6.07, 6.45) is 0. The van der Waals surface area contributed by atoms with E-state index in [0.29, 0.717) is 6.61 Å². The summed E-state index contributed by atoms with van der Waals surface area (Å²) in [7, 11) is -4.39. The van der Waals surface area contributed by atoms with Gasteiger partial charge in [0.05, 0.1) is 12.3 Å². The summed E-state index contributed by atoms with van der Waals surface area (Å²) in [6.45, 7) is 1.79. The van der Waals surface area contributed by atoms with Gasteiger partial charge in [-0.15, -0.1) is 0 Å². The van der Waals surface area contributed by atoms with Gasteiger partial charge in [0.25, 0.3) is 0 Å². The van der Waals surface area contributed by atoms with Crippen molar-refractivity contribution in [2.24, 2.45) is 0 Å². The molecule has 0 unspecified atom stereocenters. The Morgan fingerprint density at radius 3 is 2.58 bits per heavy atom. The van der Waals surface area contributed by atoms with Gasteiger partial charge in [-0.3, -0.25) is 4.57 Å². The van der Waals surface area contributed by atoms with E-state index < -0.39 is 7.60 Å². The van der Waals surface area contributed by atoms with Crippen molar-refractivity contribution in [1.82, 2.24) is 5.16 Å². The second-order valence-corrected chi connectivity index (χ2v) is 5.60. The number of hydrogen-bond donors (Lipinski definition) is 2. The Bertz CT molecular complexity index is 589. The molecule has 2 rings (SSSR count). The number of nitrogens with zero attached hydrogens (tertiary/aromatic N) is 1. The number of rotatable bonds is 5. The number of aryl methyl sites for hydroxylation is 1. The molecule has 102 valence electrons. The average Bonchev–Trinajstić information content (AvgIpc) is 2.72. The van der Waals surface area contributed by atoms with Crippen molar-refractivity contribution in [2.45, 2.75) is 20.1 Å². The molecule has 0 saturated carbocycles. The Morgan fingerprint density at radius 1 is 1.26 bits per heavy atom. The van der Waals surface area contributed by atoms with E-state index in [1.54, 1.807) is 0 Å². The molecule has 2 N–H and O–H groups in total. The molecule has 6 nitrogen and oxygen atoms in total. The van der Waals surface area contributed by atoms with Gasteiger partial charge in [0.1, 0.15) is 11.9 Å². The van der Waals surface area contributed by atoms with Crippen LogP contribution in [-0.4, -0.2) is 14.9 Å². The van der Waals surface area contributed by atoms with Gasteiger partial charge in [-0.2, -0.15) is 0 Å². The van der Waals surface area contributed by atoms with E-state index in [0.717, 1.165) is 5.56 Å². The number of ether oxygens (including phenoxy) is 1. The zero-order chi connectivity index (χ0) is 13.9. The molecule has 1 heterocycles. The summed E-state index contributed by atoms with van der Waals surface area (Å²) in [5.41, 5.74) is 1.16. The van der Waals surface area contributed by atoms with Gasteiger partial charge in [-0.25, -0.2) is 0 Å². The van der Waals surface area contributed by atoms with Crippen molar-refractivity contribution in [2.75, 3.05) is 0 Å². The summed E-state index contributed by atoms with van der Waals surface area (Å²) in [5.74, 6) is 0.0711. The quantitative estimate of drug-likeness (QED) is 0.808. The van der Waals surface area contributed by atoms with E-state index >= 15 is 0 Å². The topological polar surface area (TPSA) is 92.8 Å². The van der Waals surface area contributed by atoms with Gasteiger partial charge in [0.2, 0.25) is 0 Å². The van der Waals surface area contributed by atoms with Crippen molar-refractivity contribution in [3.8, 4) is 0 Å². The van der Waals surface area contributed by atoms with Crippen LogP contribution in [0.2, 0.25) is 0 Å². The minimum atomic E-state index is -4.39. The van der Waals surface area contributed by atoms with Crippen LogP contribution in [0.5, 0.6) is 0 Å². The SMILES string of the molecule is Cc1noc(COCc2ccccc2)c1P(=O)(O)O. The lowest BCUT2D eigenvalue weighted by Gasteiger charge is -2.05. The summed E-state index contributed by atoms with van der Waals surface area (Å²) in [5, 5.41) is 3.38. The van der Waals surface area contributed by atoms with E-state index in [9.17, 15) is 14.4 Å². The lowest BCUT2D eigenvalue weighted by molar-refractivity contribution is 0.0889. The molecule has 19 heavy (non-hydrogen) atoms. The number of hydrogen-bond acceptors (Lipinski definition) is 4. The van der Waals surface area contributed by atoms with Gasteiger partial charge < -0.3 is 19.0 Å². The number of benzene rings is 1. The van der Waals surface area contributed by atoms with Crippen LogP contribution in [0.15, 0.2) is 34.9 Å². The van der Waals surface area contributed by atoms with Gasteiger partial charge in [-0.1, -0.05) is 35.5 Å². The zero-order valence-corrected chi connectivity index (χ0v) is 11.2. The first kappa shape index (κ1) is 14.0. The third kappa shape index (κ3) is 3.52. The predicted octanol–water partition coefficient (Wildman–Crippen LogP) is 1.50. The lowest BCUT2D eigenvalue weighted by Crippen LogP contribution is -2.11. The molecule has 0 spiro atoms. The first-order chi connectivity index (χ1) is 8.98. The van der Waals surface area contributed by atoms with Crippen molar-refractivity contribution < 1.29 is 23.6 Å². The van der Waals surface area contributed by atoms with Crippen LogP contribution in [-0.2, 0) is 22.5 Å². The molecular weight excluding hydrogens is 269 g/mol. The summed E-state index contributed by atoms with van der Waals surface area (Å²) >= 11 is 0. The molecule has 0 fully saturated rings. The van der Waals surface area contributed by atoms with Crippen LogP contribution in [0.25, 0.3) is 0 Å². The molecule has 0 bridgehead atoms. The molecule has 0 aliphatic heterocycles. The first-order valence-electron chi connectivity index (χ1n) is 5.61. The Morgan fingerprint density at radius 2 is 1.95 bits per heavy atom. The second-order valence-electron chi connectivity index (χ2n) is 4.06. The largest absolute Gasteiger partial charge is 0.369 e. The standard InChI is InChI=1S/C12H14NO5P/c1-9-12(19(14,15)16)11(18-13-9)8-17-7-10-5-3-2-4-6-10/h2-6H,7-8H2,1H3,(H2,14,15,16). The lowest BCUT2D eigenvalue weighted by atomic mass is 10.2. The smallest absolute Gasteiger partial charge is 0.361 e. The summed E-state index contributed by atoms with van der Waals surface area (Å²) in [6, 6.07) is 9.47. The average molecular weight is 283 g/mol. The maximum absolute atomic E-state index is 11.3. The van der Waals surface area contributed by atoms with Gasteiger partial charge >= 0.3 is 7.60 Å². The molecule has 0 atom stereocenters. The van der Waals surface area contributed by atoms with Gasteiger partial charge in [0.15, 0.2) is 5.76 Å². The fourth-order valence-electron chi connectivity index (χ4n) is 1.72. The molecule has 7 heteroatoms. The minimum Gasteiger partial charge on any atom is -0.369 e. The third-order valence-electron chi connectivity index (χ3n) is 2.54. The van der Waals surface area contributed by atoms with Crippen molar-refractivity contribution in [1.29, 1.82) is 0 Å². The Hall–Kier alpha value is -1.46. The van der Waals surface area contributed by atoms with Crippen LogP contribution in [0, 0.1) is 6.92 Å². The van der Waals surface area contributed by atoms with E-state index in [1.807, 2.05) is 30.3 Å². The molecule has 2 aromatic rings. The van der Waals surface area contributed by atoms with Crippen LogP contribution in [0.1, 0.15) is 17.0 Å². The van der Waals surface area contributed by atoms with Crippen molar-refractivity contribution in [3.05, 3.63) is 47.3 Å². The summed E-state index contributed by atoms with van der Waals surface area (Å²) < 4.78 is 21.6. The van der Waals surface area contributed by atoms with Crippen LogP contribution >= 0.6 is 7.60 Å². The Balaban J connectivity index is 2.03. The minimum absolute atomic E-state index is 0.0316. The fraction of sp³-hybridized carbons (Fsp3) is 0.250. The van der Waals surface area contributed by atoms with Crippen molar-refractivity contribution >= 4 is 12.9 Å². The molecule has 0 aliphatic rings. The molecular formula is C12H14NO5P. The molecule has 0 amide bonds. The highest BCUT2D eigenvalue weighted by Crippen LogP contribution is 2.36. The van der Waals surface area contributed by atoms with Crippen LogP contribution < -0.4 is 5.30 Å². The van der Waals surface area contributed by atoms with E-state index in [2.05, 4.69) is 5.16 Å². The molecule has 0 saturated heterocycles. The van der Waals surface area contributed by atoms with E-state index in [4.69, 9.17) is 9.26 Å². The normalized spacial score (nSPS) is 11.7. The monoisotopic (exact) mass is 283 g/mol. The van der Waals surface area contributed by atoms with Crippen LogP contribution in [0.4, 0.5) is 0 Å². The highest BCUT2D eigenvalue weighted by molar-refractivity contribution is 7.60. The van der Waals surface area contributed by atoms with Crippen LogP contribution in [0.3, 0.4) is 0 Å². The van der Waals surface area contributed by atoms with Gasteiger partial charge in [0, 0.05) is 0 Å². The number of aromatic nitrogens is 1. The third-order valence-corrected chi connectivity index (χ3v) is 3.69. The Labute approximate surface area is 110 Å². The second kappa shape index (κ2) is 5.67. The molecule has 1 aromatic carbocycles. The molecule has 1 aromatic heterocycles. The first-order valence-corrected chi connectivity index (χ1v) is 7.22. The van der Waals surface area contributed by atoms with E-state index in [1.165, 1.54) is 6.92 Å². The van der Waals surface area contributed by atoms with Crippen molar-refractivity contribution in [3.63, 3.8) is 0 Å². The molecule has 0 radical (unpaired) electrons.